The Kier molecular flexibility index (Phi) is 7.06. The van der Waals surface area contributed by atoms with E-state index in [0.29, 0.717) is 5.02 Å². The number of benzene rings is 1. The van der Waals surface area contributed by atoms with Gasteiger partial charge in [-0.2, -0.15) is 0 Å². The van der Waals surface area contributed by atoms with Gasteiger partial charge < -0.3 is 5.32 Å². The van der Waals surface area contributed by atoms with E-state index in [4.69, 9.17) is 11.6 Å². The normalized spacial score (nSPS) is 17.8. The number of rotatable bonds is 5. The summed E-state index contributed by atoms with van der Waals surface area (Å²) in [5, 5.41) is 9.17. The molecule has 1 aromatic rings. The molecule has 0 radical (unpaired) electrons. The van der Waals surface area contributed by atoms with Crippen LogP contribution in [0.2, 0.25) is 5.02 Å². The molecule has 24 heavy (non-hydrogen) atoms. The van der Waals surface area contributed by atoms with Crippen LogP contribution in [0.1, 0.15) is 57.6 Å². The Labute approximate surface area is 148 Å². The van der Waals surface area contributed by atoms with Crippen LogP contribution >= 0.6 is 11.6 Å². The summed E-state index contributed by atoms with van der Waals surface area (Å²) in [5.41, 5.74) is 1.03. The number of halogens is 1. The zero-order valence-electron chi connectivity index (χ0n) is 14.3. The number of urea groups is 1. The summed E-state index contributed by atoms with van der Waals surface area (Å²) in [6.45, 7) is 3.71. The Morgan fingerprint density at radius 3 is 2.33 bits per heavy atom. The fraction of sp³-hybridized carbons (Fsp3) is 0.556. The van der Waals surface area contributed by atoms with E-state index in [-0.39, 0.29) is 18.0 Å². The van der Waals surface area contributed by atoms with Gasteiger partial charge in [-0.1, -0.05) is 43.0 Å². The number of carbonyl (C=O) groups is 2. The van der Waals surface area contributed by atoms with Crippen molar-refractivity contribution >= 4 is 23.5 Å². The first-order valence-corrected chi connectivity index (χ1v) is 8.96. The molecule has 0 heterocycles. The van der Waals surface area contributed by atoms with Gasteiger partial charge in [0, 0.05) is 17.1 Å². The van der Waals surface area contributed by atoms with E-state index in [9.17, 15) is 9.59 Å². The van der Waals surface area contributed by atoms with Gasteiger partial charge in [0.2, 0.25) is 5.91 Å². The van der Waals surface area contributed by atoms with E-state index in [1.165, 1.54) is 6.42 Å². The molecule has 1 aromatic carbocycles. The summed E-state index contributed by atoms with van der Waals surface area (Å²) >= 11 is 5.88. The van der Waals surface area contributed by atoms with Crippen LogP contribution in [0.15, 0.2) is 24.3 Å². The predicted molar refractivity (Wildman–Crippen MR) is 96.0 cm³/mol. The van der Waals surface area contributed by atoms with Crippen LogP contribution < -0.4 is 16.0 Å². The quantitative estimate of drug-likeness (QED) is 0.760. The molecule has 1 aliphatic rings. The summed E-state index contributed by atoms with van der Waals surface area (Å²) in [4.78, 5) is 24.1. The second-order valence-corrected chi connectivity index (χ2v) is 6.90. The zero-order chi connectivity index (χ0) is 17.5. The van der Waals surface area contributed by atoms with Crippen molar-refractivity contribution in [2.75, 3.05) is 0 Å². The Morgan fingerprint density at radius 2 is 1.71 bits per heavy atom. The molecule has 2 atom stereocenters. The standard InChI is InChI=1S/C18H26ClN3O2/c1-12(14-8-10-15(19)11-9-14)20-13(2)17(23)22-18(24)21-16-6-4-3-5-7-16/h8-13,16,20H,3-7H2,1-2H3,(H2,21,22,23,24)/t12-,13-/m0/s1. The van der Waals surface area contributed by atoms with Crippen molar-refractivity contribution in [2.24, 2.45) is 0 Å². The lowest BCUT2D eigenvalue weighted by atomic mass is 9.96. The van der Waals surface area contributed by atoms with E-state index >= 15 is 0 Å². The molecule has 3 N–H and O–H groups in total. The molecule has 0 aromatic heterocycles. The first-order valence-electron chi connectivity index (χ1n) is 8.58. The van der Waals surface area contributed by atoms with Gasteiger partial charge >= 0.3 is 6.03 Å². The smallest absolute Gasteiger partial charge is 0.321 e. The third-order valence-electron chi connectivity index (χ3n) is 4.44. The monoisotopic (exact) mass is 351 g/mol. The van der Waals surface area contributed by atoms with Crippen molar-refractivity contribution in [1.82, 2.24) is 16.0 Å². The van der Waals surface area contributed by atoms with Crippen molar-refractivity contribution in [1.29, 1.82) is 0 Å². The van der Waals surface area contributed by atoms with Crippen molar-refractivity contribution in [3.63, 3.8) is 0 Å². The highest BCUT2D eigenvalue weighted by Crippen LogP contribution is 2.17. The van der Waals surface area contributed by atoms with Crippen molar-refractivity contribution in [3.05, 3.63) is 34.9 Å². The van der Waals surface area contributed by atoms with Gasteiger partial charge in [0.25, 0.3) is 0 Å². The molecule has 0 spiro atoms. The number of nitrogens with one attached hydrogen (secondary N) is 3. The molecule has 1 saturated carbocycles. The van der Waals surface area contributed by atoms with E-state index in [1.54, 1.807) is 6.92 Å². The van der Waals surface area contributed by atoms with E-state index in [2.05, 4.69) is 16.0 Å². The highest BCUT2D eigenvalue weighted by molar-refractivity contribution is 6.30. The maximum atomic E-state index is 12.2. The minimum Gasteiger partial charge on any atom is -0.335 e. The lowest BCUT2D eigenvalue weighted by Crippen LogP contribution is -2.50. The summed E-state index contributed by atoms with van der Waals surface area (Å²) in [7, 11) is 0. The largest absolute Gasteiger partial charge is 0.335 e. The van der Waals surface area contributed by atoms with Gasteiger partial charge in [0.1, 0.15) is 0 Å². The summed E-state index contributed by atoms with van der Waals surface area (Å²) in [6.07, 6.45) is 5.47. The van der Waals surface area contributed by atoms with Crippen LogP contribution in [0.4, 0.5) is 4.79 Å². The number of amides is 3. The van der Waals surface area contributed by atoms with Crippen molar-refractivity contribution in [2.45, 2.75) is 64.1 Å². The summed E-state index contributed by atoms with van der Waals surface area (Å²) in [6, 6.07) is 6.75. The van der Waals surface area contributed by atoms with E-state index in [1.807, 2.05) is 31.2 Å². The predicted octanol–water partition coefficient (Wildman–Crippen LogP) is 3.54. The summed E-state index contributed by atoms with van der Waals surface area (Å²) < 4.78 is 0. The zero-order valence-corrected chi connectivity index (χ0v) is 15.0. The average molecular weight is 352 g/mol. The fourth-order valence-corrected chi connectivity index (χ4v) is 3.11. The lowest BCUT2D eigenvalue weighted by molar-refractivity contribution is -0.121. The number of imide groups is 1. The maximum Gasteiger partial charge on any atom is 0.321 e. The number of hydrogen-bond donors (Lipinski definition) is 3. The van der Waals surface area contributed by atoms with Gasteiger partial charge in [0.15, 0.2) is 0 Å². The highest BCUT2D eigenvalue weighted by atomic mass is 35.5. The SMILES string of the molecule is C[C@H](N[C@@H](C)c1ccc(Cl)cc1)C(=O)NC(=O)NC1CCCCC1. The Bertz CT molecular complexity index is 556. The van der Waals surface area contributed by atoms with Crippen molar-refractivity contribution in [3.8, 4) is 0 Å². The fourth-order valence-electron chi connectivity index (χ4n) is 2.99. The van der Waals surface area contributed by atoms with Crippen LogP contribution in [-0.4, -0.2) is 24.0 Å². The van der Waals surface area contributed by atoms with Crippen LogP contribution in [-0.2, 0) is 4.79 Å². The van der Waals surface area contributed by atoms with Gasteiger partial charge in [-0.25, -0.2) is 4.79 Å². The summed E-state index contributed by atoms with van der Waals surface area (Å²) in [5.74, 6) is -0.330. The molecular weight excluding hydrogens is 326 g/mol. The van der Waals surface area contributed by atoms with Crippen LogP contribution in [0.25, 0.3) is 0 Å². The first kappa shape index (κ1) is 18.7. The number of hydrogen-bond acceptors (Lipinski definition) is 3. The molecule has 5 nitrogen and oxygen atoms in total. The second-order valence-electron chi connectivity index (χ2n) is 6.46. The van der Waals surface area contributed by atoms with Gasteiger partial charge in [-0.05, 0) is 44.4 Å². The first-order chi connectivity index (χ1) is 11.5. The highest BCUT2D eigenvalue weighted by Gasteiger charge is 2.20. The molecule has 3 amide bonds. The molecule has 1 fully saturated rings. The molecule has 132 valence electrons. The number of carbonyl (C=O) groups excluding carboxylic acids is 2. The maximum absolute atomic E-state index is 12.2. The Balaban J connectivity index is 1.78. The molecule has 0 aliphatic heterocycles. The minimum absolute atomic E-state index is 0.0237. The minimum atomic E-state index is -0.479. The molecule has 6 heteroatoms. The second kappa shape index (κ2) is 9.04. The molecule has 2 rings (SSSR count). The van der Waals surface area contributed by atoms with Crippen LogP contribution in [0.5, 0.6) is 0 Å². The average Bonchev–Trinajstić information content (AvgIpc) is 2.56. The van der Waals surface area contributed by atoms with E-state index < -0.39 is 12.1 Å². The van der Waals surface area contributed by atoms with Gasteiger partial charge in [-0.3, -0.25) is 15.4 Å². The Morgan fingerprint density at radius 1 is 1.08 bits per heavy atom. The molecule has 0 saturated heterocycles. The molecular formula is C18H26ClN3O2. The lowest BCUT2D eigenvalue weighted by Gasteiger charge is -2.24. The van der Waals surface area contributed by atoms with Gasteiger partial charge in [0.05, 0.1) is 6.04 Å². The Hall–Kier alpha value is -1.59. The third-order valence-corrected chi connectivity index (χ3v) is 4.69. The van der Waals surface area contributed by atoms with Crippen LogP contribution in [0, 0.1) is 0 Å². The van der Waals surface area contributed by atoms with Gasteiger partial charge in [-0.15, -0.1) is 0 Å². The third kappa shape index (κ3) is 5.80. The van der Waals surface area contributed by atoms with Crippen LogP contribution in [0.3, 0.4) is 0 Å². The molecule has 0 unspecified atom stereocenters. The topological polar surface area (TPSA) is 70.2 Å². The molecule has 0 bridgehead atoms. The van der Waals surface area contributed by atoms with Crippen molar-refractivity contribution < 1.29 is 9.59 Å². The van der Waals surface area contributed by atoms with E-state index in [0.717, 1.165) is 31.2 Å². The molecule has 1 aliphatic carbocycles.